The predicted octanol–water partition coefficient (Wildman–Crippen LogP) is 3.07. The van der Waals surface area contributed by atoms with Gasteiger partial charge in [0.25, 0.3) is 0 Å². The lowest BCUT2D eigenvalue weighted by molar-refractivity contribution is 0.142. The molecule has 0 aromatic carbocycles. The molecule has 9 heteroatoms. The highest BCUT2D eigenvalue weighted by Gasteiger charge is 2.31. The first-order chi connectivity index (χ1) is 14.5. The zero-order valence-electron chi connectivity index (χ0n) is 17.9. The minimum absolute atomic E-state index is 0.214. The minimum Gasteiger partial charge on any atom is -0.405 e. The summed E-state index contributed by atoms with van der Waals surface area (Å²) in [6, 6.07) is 0. The second kappa shape index (κ2) is 9.35. The maximum absolute atomic E-state index is 5.75. The van der Waals surface area contributed by atoms with E-state index in [0.29, 0.717) is 13.2 Å². The van der Waals surface area contributed by atoms with E-state index in [-0.39, 0.29) is 5.25 Å². The predicted molar refractivity (Wildman–Crippen MR) is 126 cm³/mol. The van der Waals surface area contributed by atoms with Crippen molar-refractivity contribution in [3.05, 3.63) is 33.6 Å². The van der Waals surface area contributed by atoms with Crippen molar-refractivity contribution in [2.24, 2.45) is 14.1 Å². The number of hydrogen-bond acceptors (Lipinski definition) is 5. The number of aromatic nitrogens is 4. The van der Waals surface area contributed by atoms with Crippen LogP contribution < -0.4 is 5.72 Å². The van der Waals surface area contributed by atoms with Gasteiger partial charge in [-0.25, -0.2) is 9.97 Å². The molecule has 0 saturated carbocycles. The third kappa shape index (κ3) is 4.15. The molecule has 0 radical (unpaired) electrons. The Balaban J connectivity index is 1.52. The molecule has 2 aliphatic heterocycles. The molecule has 0 bridgehead atoms. The van der Waals surface area contributed by atoms with Gasteiger partial charge in [0.2, 0.25) is 0 Å². The van der Waals surface area contributed by atoms with Crippen molar-refractivity contribution in [3.63, 3.8) is 0 Å². The van der Waals surface area contributed by atoms with Gasteiger partial charge in [-0.2, -0.15) is 0 Å². The molecule has 0 spiro atoms. The fraction of sp³-hybridized carbons (Fsp3) is 0.524. The molecule has 2 aromatic heterocycles. The lowest BCUT2D eigenvalue weighted by Gasteiger charge is -2.19. The average molecular weight is 489 g/mol. The molecule has 2 aliphatic rings. The van der Waals surface area contributed by atoms with Crippen LogP contribution in [-0.4, -0.2) is 44.7 Å². The summed E-state index contributed by atoms with van der Waals surface area (Å²) in [6.45, 7) is 5.64. The van der Waals surface area contributed by atoms with E-state index >= 15 is 0 Å². The van der Waals surface area contributed by atoms with Crippen LogP contribution in [0.25, 0.3) is 4.91 Å². The van der Waals surface area contributed by atoms with Crippen molar-refractivity contribution >= 4 is 45.4 Å². The van der Waals surface area contributed by atoms with Crippen LogP contribution >= 0.6 is 27.7 Å². The van der Waals surface area contributed by atoms with Crippen molar-refractivity contribution in [1.82, 2.24) is 19.1 Å². The molecule has 1 saturated heterocycles. The summed E-state index contributed by atoms with van der Waals surface area (Å²) in [5.74, 6) is 7.86. The lowest BCUT2D eigenvalue weighted by Crippen LogP contribution is -2.45. The number of aryl methyl sites for hydroxylation is 2. The maximum atomic E-state index is 5.75. The Hall–Kier alpha value is -1.47. The third-order valence-corrected chi connectivity index (χ3v) is 7.55. The quantitative estimate of drug-likeness (QED) is 0.489. The van der Waals surface area contributed by atoms with Crippen LogP contribution in [0, 0.1) is 11.8 Å². The Morgan fingerprint density at radius 2 is 1.90 bits per heavy atom. The SMILES string of the molecule is CCc1nc(C2=CCC(C#Cc3c(CC)nc(B4OCCCO4)n3C)S2)n(C)c1Br. The van der Waals surface area contributed by atoms with Crippen LogP contribution in [0.5, 0.6) is 0 Å². The van der Waals surface area contributed by atoms with Crippen LogP contribution in [0.15, 0.2) is 10.7 Å². The lowest BCUT2D eigenvalue weighted by atomic mass is 9.87. The molecule has 1 unspecified atom stereocenters. The van der Waals surface area contributed by atoms with Crippen LogP contribution in [0.3, 0.4) is 0 Å². The first kappa shape index (κ1) is 21.8. The van der Waals surface area contributed by atoms with Gasteiger partial charge in [0.15, 0.2) is 0 Å². The second-order valence-electron chi connectivity index (χ2n) is 7.37. The summed E-state index contributed by atoms with van der Waals surface area (Å²) in [7, 11) is 3.65. The van der Waals surface area contributed by atoms with Gasteiger partial charge in [-0.15, -0.1) is 11.8 Å². The van der Waals surface area contributed by atoms with Gasteiger partial charge in [0.1, 0.15) is 21.8 Å². The molecule has 2 aromatic rings. The van der Waals surface area contributed by atoms with Gasteiger partial charge in [0.05, 0.1) is 16.6 Å². The third-order valence-electron chi connectivity index (χ3n) is 5.36. The topological polar surface area (TPSA) is 54.1 Å². The fourth-order valence-corrected chi connectivity index (χ4v) is 5.28. The first-order valence-corrected chi connectivity index (χ1v) is 12.1. The summed E-state index contributed by atoms with van der Waals surface area (Å²) in [5.41, 5.74) is 3.84. The van der Waals surface area contributed by atoms with Crippen molar-refractivity contribution in [1.29, 1.82) is 0 Å². The van der Waals surface area contributed by atoms with E-state index in [1.54, 1.807) is 11.8 Å². The monoisotopic (exact) mass is 488 g/mol. The number of halogens is 1. The molecule has 30 heavy (non-hydrogen) atoms. The minimum atomic E-state index is -0.395. The van der Waals surface area contributed by atoms with E-state index in [1.807, 2.05) is 18.7 Å². The zero-order chi connectivity index (χ0) is 21.3. The molecule has 0 amide bonds. The van der Waals surface area contributed by atoms with E-state index in [1.165, 1.54) is 4.91 Å². The Bertz CT molecular complexity index is 1030. The Morgan fingerprint density at radius 1 is 1.17 bits per heavy atom. The van der Waals surface area contributed by atoms with Gasteiger partial charge >= 0.3 is 7.12 Å². The first-order valence-electron chi connectivity index (χ1n) is 10.4. The smallest absolute Gasteiger partial charge is 0.405 e. The average Bonchev–Trinajstić information content (AvgIpc) is 3.44. The molecule has 4 heterocycles. The number of imidazole rings is 2. The Morgan fingerprint density at radius 3 is 2.57 bits per heavy atom. The highest BCUT2D eigenvalue weighted by molar-refractivity contribution is 9.10. The molecule has 158 valence electrons. The van der Waals surface area contributed by atoms with E-state index in [0.717, 1.165) is 58.9 Å². The highest BCUT2D eigenvalue weighted by atomic mass is 79.9. The molecule has 0 aliphatic carbocycles. The van der Waals surface area contributed by atoms with E-state index in [4.69, 9.17) is 19.3 Å². The molecular formula is C21H26BBrN4O2S. The fourth-order valence-electron chi connectivity index (χ4n) is 3.65. The molecule has 1 atom stereocenters. The summed E-state index contributed by atoms with van der Waals surface area (Å²) < 4.78 is 16.7. The second-order valence-corrected chi connectivity index (χ2v) is 9.37. The highest BCUT2D eigenvalue weighted by Crippen LogP contribution is 2.39. The number of rotatable bonds is 4. The Labute approximate surface area is 191 Å². The summed E-state index contributed by atoms with van der Waals surface area (Å²) in [6.07, 6.45) is 5.83. The number of hydrogen-bond donors (Lipinski definition) is 0. The summed E-state index contributed by atoms with van der Waals surface area (Å²) in [4.78, 5) is 10.8. The van der Waals surface area contributed by atoms with Crippen molar-refractivity contribution < 1.29 is 9.31 Å². The van der Waals surface area contributed by atoms with Gasteiger partial charge in [-0.1, -0.05) is 25.8 Å². The zero-order valence-corrected chi connectivity index (χ0v) is 20.3. The Kier molecular flexibility index (Phi) is 6.78. The van der Waals surface area contributed by atoms with Crippen LogP contribution in [0.4, 0.5) is 0 Å². The van der Waals surface area contributed by atoms with Crippen molar-refractivity contribution in [3.8, 4) is 11.8 Å². The van der Waals surface area contributed by atoms with E-state index < -0.39 is 7.12 Å². The summed E-state index contributed by atoms with van der Waals surface area (Å²) in [5, 5.41) is 0.214. The summed E-state index contributed by atoms with van der Waals surface area (Å²) >= 11 is 5.44. The van der Waals surface area contributed by atoms with Crippen LogP contribution in [0.2, 0.25) is 0 Å². The maximum Gasteiger partial charge on any atom is 0.531 e. The number of allylic oxidation sites excluding steroid dienone is 1. The van der Waals surface area contributed by atoms with Gasteiger partial charge < -0.3 is 18.4 Å². The normalized spacial score (nSPS) is 19.0. The van der Waals surface area contributed by atoms with Crippen molar-refractivity contribution in [2.75, 3.05) is 13.2 Å². The molecular weight excluding hydrogens is 463 g/mol. The van der Waals surface area contributed by atoms with Gasteiger partial charge in [-0.3, -0.25) is 0 Å². The van der Waals surface area contributed by atoms with Crippen LogP contribution in [0.1, 0.15) is 49.6 Å². The number of nitrogens with zero attached hydrogens (tertiary/aromatic N) is 4. The van der Waals surface area contributed by atoms with E-state index in [9.17, 15) is 0 Å². The van der Waals surface area contributed by atoms with E-state index in [2.05, 4.69) is 52.3 Å². The van der Waals surface area contributed by atoms with Crippen molar-refractivity contribution in [2.45, 2.75) is 44.8 Å². The molecule has 1 fully saturated rings. The van der Waals surface area contributed by atoms with Gasteiger partial charge in [-0.05, 0) is 47.5 Å². The molecule has 4 rings (SSSR count). The largest absolute Gasteiger partial charge is 0.531 e. The standard InChI is InChI=1S/C21H26BBrN4O2S/c1-5-15-17(26(3)21(25-15)22-28-12-7-13-29-22)10-8-14-9-11-18(30-14)20-24-16(6-2)19(23)27(20)4/h11,14H,5-7,9,12-13H2,1-4H3. The number of thioether (sulfide) groups is 1. The van der Waals surface area contributed by atoms with Gasteiger partial charge in [0, 0.05) is 32.2 Å². The molecule has 6 nitrogen and oxygen atoms in total. The molecule has 0 N–H and O–H groups in total. The van der Waals surface area contributed by atoms with Crippen LogP contribution in [-0.2, 0) is 36.2 Å².